The molecule has 1 saturated carbocycles. The normalized spacial score (nSPS) is 22.0. The van der Waals surface area contributed by atoms with Gasteiger partial charge in [0.15, 0.2) is 11.5 Å². The predicted octanol–water partition coefficient (Wildman–Crippen LogP) is 2.29. The van der Waals surface area contributed by atoms with Crippen molar-refractivity contribution in [3.8, 4) is 11.5 Å². The molecule has 1 aliphatic carbocycles. The number of nitrogens with two attached hydrogens (primary N) is 1. The molecule has 0 radical (unpaired) electrons. The van der Waals surface area contributed by atoms with E-state index in [9.17, 15) is 4.79 Å². The number of hydrogen-bond acceptors (Lipinski definition) is 4. The SMILES string of the molecule is NC[C@@H]1Oc2ccc(C3(c4cccc5c4CN(C=O)C5)CC3)cc2O1. The van der Waals surface area contributed by atoms with Gasteiger partial charge in [-0.05, 0) is 47.2 Å². The second-order valence-corrected chi connectivity index (χ2v) is 7.10. The van der Waals surface area contributed by atoms with E-state index < -0.39 is 0 Å². The van der Waals surface area contributed by atoms with Gasteiger partial charge < -0.3 is 20.1 Å². The molecule has 0 saturated heterocycles. The number of rotatable bonds is 4. The summed E-state index contributed by atoms with van der Waals surface area (Å²) in [5.41, 5.74) is 10.9. The molecule has 25 heavy (non-hydrogen) atoms. The van der Waals surface area contributed by atoms with Crippen molar-refractivity contribution >= 4 is 6.41 Å². The summed E-state index contributed by atoms with van der Waals surface area (Å²) < 4.78 is 11.4. The maximum Gasteiger partial charge on any atom is 0.253 e. The average molecular weight is 336 g/mol. The summed E-state index contributed by atoms with van der Waals surface area (Å²) in [5, 5.41) is 0. The van der Waals surface area contributed by atoms with Gasteiger partial charge in [0.2, 0.25) is 6.41 Å². The maximum absolute atomic E-state index is 11.2. The summed E-state index contributed by atoms with van der Waals surface area (Å²) in [4.78, 5) is 13.0. The minimum absolute atomic E-state index is 0.0312. The molecule has 2 aromatic rings. The van der Waals surface area contributed by atoms with Crippen LogP contribution in [0, 0.1) is 0 Å². The van der Waals surface area contributed by atoms with Gasteiger partial charge in [0, 0.05) is 18.5 Å². The number of amides is 1. The monoisotopic (exact) mass is 336 g/mol. The molecular formula is C20H20N2O3. The highest BCUT2D eigenvalue weighted by Crippen LogP contribution is 2.56. The lowest BCUT2D eigenvalue weighted by Gasteiger charge is -2.20. The lowest BCUT2D eigenvalue weighted by Crippen LogP contribution is -2.27. The Morgan fingerprint density at radius 2 is 2.00 bits per heavy atom. The van der Waals surface area contributed by atoms with Gasteiger partial charge in [0.05, 0.1) is 6.54 Å². The van der Waals surface area contributed by atoms with Crippen molar-refractivity contribution in [2.75, 3.05) is 6.54 Å². The Bertz CT molecular complexity index is 860. The molecule has 2 N–H and O–H groups in total. The number of hydrogen-bond donors (Lipinski definition) is 1. The molecule has 1 atom stereocenters. The predicted molar refractivity (Wildman–Crippen MR) is 92.3 cm³/mol. The lowest BCUT2D eigenvalue weighted by atomic mass is 9.84. The molecule has 5 heteroatoms. The van der Waals surface area contributed by atoms with Crippen LogP contribution in [-0.4, -0.2) is 24.1 Å². The Hall–Kier alpha value is -2.53. The third-order valence-electron chi connectivity index (χ3n) is 5.63. The Kier molecular flexibility index (Phi) is 3.09. The molecule has 128 valence electrons. The molecule has 0 bridgehead atoms. The van der Waals surface area contributed by atoms with E-state index in [4.69, 9.17) is 15.2 Å². The summed E-state index contributed by atoms with van der Waals surface area (Å²) in [6.45, 7) is 1.75. The Morgan fingerprint density at radius 3 is 2.76 bits per heavy atom. The molecule has 0 spiro atoms. The van der Waals surface area contributed by atoms with Crippen molar-refractivity contribution in [3.05, 3.63) is 58.7 Å². The highest BCUT2D eigenvalue weighted by Gasteiger charge is 2.48. The summed E-state index contributed by atoms with van der Waals surface area (Å²) in [5.74, 6) is 1.54. The van der Waals surface area contributed by atoms with Gasteiger partial charge in [-0.15, -0.1) is 0 Å². The van der Waals surface area contributed by atoms with Crippen LogP contribution in [0.3, 0.4) is 0 Å². The first kappa shape index (κ1) is 14.8. The van der Waals surface area contributed by atoms with Crippen LogP contribution in [0.2, 0.25) is 0 Å². The van der Waals surface area contributed by atoms with E-state index in [1.807, 2.05) is 11.0 Å². The quantitative estimate of drug-likeness (QED) is 0.870. The molecule has 1 fully saturated rings. The standard InChI is InChI=1S/C20H20N2O3/c21-9-19-24-17-5-4-14(8-18(17)25-19)20(6-7-20)16-3-1-2-13-10-22(12-23)11-15(13)16/h1-5,8,12,19H,6-7,9-11,21H2/t19-/m1/s1. The van der Waals surface area contributed by atoms with E-state index in [1.165, 1.54) is 22.3 Å². The number of benzene rings is 2. The lowest BCUT2D eigenvalue weighted by molar-refractivity contribution is -0.118. The molecule has 5 nitrogen and oxygen atoms in total. The zero-order valence-electron chi connectivity index (χ0n) is 13.9. The maximum atomic E-state index is 11.2. The molecule has 1 amide bonds. The third kappa shape index (κ3) is 2.15. The number of carbonyl (C=O) groups is 1. The average Bonchev–Trinajstić information content (AvgIpc) is 3.16. The first-order chi connectivity index (χ1) is 12.2. The van der Waals surface area contributed by atoms with Crippen LogP contribution in [-0.2, 0) is 23.3 Å². The van der Waals surface area contributed by atoms with Crippen molar-refractivity contribution < 1.29 is 14.3 Å². The second kappa shape index (κ2) is 5.23. The van der Waals surface area contributed by atoms with Gasteiger partial charge in [-0.1, -0.05) is 24.3 Å². The van der Waals surface area contributed by atoms with Crippen LogP contribution < -0.4 is 15.2 Å². The molecule has 2 aromatic carbocycles. The molecule has 3 aliphatic rings. The number of fused-ring (bicyclic) bond motifs is 2. The van der Waals surface area contributed by atoms with E-state index in [1.54, 1.807) is 0 Å². The molecule has 5 rings (SSSR count). The fourth-order valence-corrected chi connectivity index (χ4v) is 4.21. The van der Waals surface area contributed by atoms with Gasteiger partial charge in [-0.2, -0.15) is 0 Å². The zero-order chi connectivity index (χ0) is 17.0. The van der Waals surface area contributed by atoms with Gasteiger partial charge >= 0.3 is 0 Å². The van der Waals surface area contributed by atoms with E-state index in [0.29, 0.717) is 19.6 Å². The van der Waals surface area contributed by atoms with E-state index >= 15 is 0 Å². The Balaban J connectivity index is 1.54. The highest BCUT2D eigenvalue weighted by atomic mass is 16.7. The van der Waals surface area contributed by atoms with Gasteiger partial charge in [0.1, 0.15) is 0 Å². The van der Waals surface area contributed by atoms with Crippen molar-refractivity contribution in [3.63, 3.8) is 0 Å². The molecule has 2 heterocycles. The van der Waals surface area contributed by atoms with E-state index in [2.05, 4.69) is 30.3 Å². The fraction of sp³-hybridized carbons (Fsp3) is 0.350. The summed E-state index contributed by atoms with van der Waals surface area (Å²) >= 11 is 0. The summed E-state index contributed by atoms with van der Waals surface area (Å²) in [6, 6.07) is 12.7. The van der Waals surface area contributed by atoms with Crippen molar-refractivity contribution in [1.82, 2.24) is 4.90 Å². The molecule has 2 aliphatic heterocycles. The van der Waals surface area contributed by atoms with Crippen molar-refractivity contribution in [1.29, 1.82) is 0 Å². The molecular weight excluding hydrogens is 316 g/mol. The number of carbonyl (C=O) groups excluding carboxylic acids is 1. The number of nitrogens with zero attached hydrogens (tertiary/aromatic N) is 1. The zero-order valence-corrected chi connectivity index (χ0v) is 13.9. The number of ether oxygens (including phenoxy) is 2. The van der Waals surface area contributed by atoms with Gasteiger partial charge in [-0.25, -0.2) is 0 Å². The minimum atomic E-state index is -0.387. The second-order valence-electron chi connectivity index (χ2n) is 7.10. The molecule has 0 aromatic heterocycles. The van der Waals surface area contributed by atoms with Crippen LogP contribution in [0.25, 0.3) is 0 Å². The largest absolute Gasteiger partial charge is 0.450 e. The van der Waals surface area contributed by atoms with Gasteiger partial charge in [-0.3, -0.25) is 4.79 Å². The topological polar surface area (TPSA) is 64.8 Å². The summed E-state index contributed by atoms with van der Waals surface area (Å²) in [7, 11) is 0. The van der Waals surface area contributed by atoms with E-state index in [0.717, 1.165) is 30.8 Å². The van der Waals surface area contributed by atoms with Crippen LogP contribution in [0.4, 0.5) is 0 Å². The van der Waals surface area contributed by atoms with Crippen LogP contribution in [0.5, 0.6) is 11.5 Å². The Labute approximate surface area is 146 Å². The van der Waals surface area contributed by atoms with Crippen LogP contribution in [0.1, 0.15) is 35.1 Å². The van der Waals surface area contributed by atoms with Crippen LogP contribution >= 0.6 is 0 Å². The summed E-state index contributed by atoms with van der Waals surface area (Å²) in [6.07, 6.45) is 2.79. The van der Waals surface area contributed by atoms with Crippen LogP contribution in [0.15, 0.2) is 36.4 Å². The minimum Gasteiger partial charge on any atom is -0.450 e. The van der Waals surface area contributed by atoms with Crippen molar-refractivity contribution in [2.45, 2.75) is 37.6 Å². The third-order valence-corrected chi connectivity index (χ3v) is 5.63. The van der Waals surface area contributed by atoms with Gasteiger partial charge in [0.25, 0.3) is 6.29 Å². The smallest absolute Gasteiger partial charge is 0.253 e. The first-order valence-corrected chi connectivity index (χ1v) is 8.72. The molecule has 0 unspecified atom stereocenters. The highest BCUT2D eigenvalue weighted by molar-refractivity contribution is 5.58. The fourth-order valence-electron chi connectivity index (χ4n) is 4.21. The van der Waals surface area contributed by atoms with E-state index in [-0.39, 0.29) is 11.7 Å². The van der Waals surface area contributed by atoms with Crippen molar-refractivity contribution in [2.24, 2.45) is 5.73 Å². The Morgan fingerprint density at radius 1 is 1.16 bits per heavy atom. The first-order valence-electron chi connectivity index (χ1n) is 8.72.